The lowest BCUT2D eigenvalue weighted by atomic mass is 9.96. The molecule has 0 bridgehead atoms. The molecule has 0 saturated carbocycles. The van der Waals surface area contributed by atoms with Crippen molar-refractivity contribution in [2.24, 2.45) is 0 Å². The molecule has 53 heavy (non-hydrogen) atoms. The fourth-order valence-corrected chi connectivity index (χ4v) is 8.35. The zero-order valence-electron chi connectivity index (χ0n) is 28.8. The summed E-state index contributed by atoms with van der Waals surface area (Å²) in [6.07, 6.45) is 0. The van der Waals surface area contributed by atoms with Crippen molar-refractivity contribution in [2.45, 2.75) is 6.92 Å². The van der Waals surface area contributed by atoms with Gasteiger partial charge < -0.3 is 4.57 Å². The number of aryl methyl sites for hydroxylation is 1. The SMILES string of the molecule is Cc1c(-c2ccccc2)ccc2c1c1ccccc1n2-c1cccc(-c2nc3ccc(-c4nc(-c5ccccc5)nc(-c5ccccc5)n4)cc3s2)c1. The summed E-state index contributed by atoms with van der Waals surface area (Å²) in [5.41, 5.74) is 12.1. The minimum Gasteiger partial charge on any atom is -0.309 e. The van der Waals surface area contributed by atoms with E-state index >= 15 is 0 Å². The molecule has 0 aliphatic heterocycles. The van der Waals surface area contributed by atoms with Crippen molar-refractivity contribution in [1.82, 2.24) is 24.5 Å². The van der Waals surface area contributed by atoms with Crippen molar-refractivity contribution >= 4 is 43.4 Å². The number of benzene rings is 7. The van der Waals surface area contributed by atoms with Crippen LogP contribution in [-0.4, -0.2) is 24.5 Å². The third kappa shape index (κ3) is 5.48. The molecule has 0 radical (unpaired) electrons. The second kappa shape index (κ2) is 12.8. The first-order valence-corrected chi connectivity index (χ1v) is 18.5. The summed E-state index contributed by atoms with van der Waals surface area (Å²) in [6.45, 7) is 2.25. The second-order valence-electron chi connectivity index (χ2n) is 13.1. The number of para-hydroxylation sites is 1. The van der Waals surface area contributed by atoms with E-state index in [1.54, 1.807) is 11.3 Å². The van der Waals surface area contributed by atoms with Crippen LogP contribution in [0.4, 0.5) is 0 Å². The molecule has 10 aromatic rings. The Labute approximate surface area is 310 Å². The lowest BCUT2D eigenvalue weighted by Gasteiger charge is -2.11. The van der Waals surface area contributed by atoms with Gasteiger partial charge in [0.2, 0.25) is 0 Å². The van der Waals surface area contributed by atoms with Gasteiger partial charge in [-0.15, -0.1) is 11.3 Å². The van der Waals surface area contributed by atoms with Crippen LogP contribution in [0, 0.1) is 6.92 Å². The summed E-state index contributed by atoms with van der Waals surface area (Å²) in [7, 11) is 0. The predicted octanol–water partition coefficient (Wildman–Crippen LogP) is 12.2. The van der Waals surface area contributed by atoms with Crippen LogP contribution in [0.3, 0.4) is 0 Å². The normalized spacial score (nSPS) is 11.5. The van der Waals surface area contributed by atoms with E-state index in [1.165, 1.54) is 38.5 Å². The third-order valence-corrected chi connectivity index (χ3v) is 10.9. The van der Waals surface area contributed by atoms with Crippen LogP contribution in [0.1, 0.15) is 5.56 Å². The van der Waals surface area contributed by atoms with E-state index in [4.69, 9.17) is 19.9 Å². The van der Waals surface area contributed by atoms with Crippen LogP contribution >= 0.6 is 11.3 Å². The van der Waals surface area contributed by atoms with Gasteiger partial charge in [0.25, 0.3) is 0 Å². The number of aromatic nitrogens is 5. The van der Waals surface area contributed by atoms with E-state index in [-0.39, 0.29) is 0 Å². The van der Waals surface area contributed by atoms with Gasteiger partial charge in [0.05, 0.1) is 21.3 Å². The maximum atomic E-state index is 5.11. The molecule has 0 fully saturated rings. The Kier molecular flexibility index (Phi) is 7.48. The molecule has 3 aromatic heterocycles. The number of fused-ring (bicyclic) bond motifs is 4. The number of hydrogen-bond acceptors (Lipinski definition) is 5. The average molecular weight is 698 g/mol. The first-order valence-electron chi connectivity index (χ1n) is 17.6. The predicted molar refractivity (Wildman–Crippen MR) is 219 cm³/mol. The molecule has 10 rings (SSSR count). The van der Waals surface area contributed by atoms with E-state index in [2.05, 4.69) is 121 Å². The Morgan fingerprint density at radius 2 is 1.06 bits per heavy atom. The van der Waals surface area contributed by atoms with E-state index < -0.39 is 0 Å². The number of rotatable bonds is 6. The van der Waals surface area contributed by atoms with Crippen LogP contribution in [-0.2, 0) is 0 Å². The molecule has 7 aromatic carbocycles. The number of hydrogen-bond donors (Lipinski definition) is 0. The highest BCUT2D eigenvalue weighted by Gasteiger charge is 2.18. The van der Waals surface area contributed by atoms with Gasteiger partial charge in [0.15, 0.2) is 17.5 Å². The van der Waals surface area contributed by atoms with Gasteiger partial charge in [0, 0.05) is 38.7 Å². The molecule has 0 unspecified atom stereocenters. The van der Waals surface area contributed by atoms with Gasteiger partial charge in [-0.1, -0.05) is 127 Å². The Balaban J connectivity index is 1.06. The van der Waals surface area contributed by atoms with E-state index in [0.29, 0.717) is 17.5 Å². The smallest absolute Gasteiger partial charge is 0.164 e. The Bertz CT molecular complexity index is 2890. The van der Waals surface area contributed by atoms with Crippen LogP contribution in [0.15, 0.2) is 170 Å². The maximum Gasteiger partial charge on any atom is 0.164 e. The minimum absolute atomic E-state index is 0.633. The first-order chi connectivity index (χ1) is 26.2. The summed E-state index contributed by atoms with van der Waals surface area (Å²) >= 11 is 1.68. The molecule has 0 N–H and O–H groups in total. The Hall–Kier alpha value is -6.76. The molecule has 0 saturated heterocycles. The highest BCUT2D eigenvalue weighted by atomic mass is 32.1. The molecule has 0 aliphatic carbocycles. The van der Waals surface area contributed by atoms with Gasteiger partial charge in [-0.05, 0) is 66.1 Å². The minimum atomic E-state index is 0.633. The van der Waals surface area contributed by atoms with Crippen molar-refractivity contribution in [3.63, 3.8) is 0 Å². The van der Waals surface area contributed by atoms with Crippen molar-refractivity contribution < 1.29 is 0 Å². The zero-order chi connectivity index (χ0) is 35.3. The average Bonchev–Trinajstić information content (AvgIpc) is 3.81. The molecular weight excluding hydrogens is 667 g/mol. The third-order valence-electron chi connectivity index (χ3n) is 9.88. The number of thiazole rings is 1. The van der Waals surface area contributed by atoms with Crippen LogP contribution in [0.2, 0.25) is 0 Å². The molecule has 5 nitrogen and oxygen atoms in total. The van der Waals surface area contributed by atoms with E-state index in [1.807, 2.05) is 60.7 Å². The molecule has 250 valence electrons. The summed E-state index contributed by atoms with van der Waals surface area (Å²) in [6, 6.07) is 59.1. The van der Waals surface area contributed by atoms with Crippen LogP contribution < -0.4 is 0 Å². The Morgan fingerprint density at radius 3 is 1.75 bits per heavy atom. The summed E-state index contributed by atoms with van der Waals surface area (Å²) in [5, 5.41) is 3.50. The molecular formula is C47H31N5S. The van der Waals surface area contributed by atoms with Gasteiger partial charge in [-0.2, -0.15) is 0 Å². The largest absolute Gasteiger partial charge is 0.309 e. The number of nitrogens with zero attached hydrogens (tertiary/aromatic N) is 5. The fourth-order valence-electron chi connectivity index (χ4n) is 7.34. The lowest BCUT2D eigenvalue weighted by Crippen LogP contribution is -1.99. The molecule has 0 aliphatic rings. The molecule has 0 amide bonds. The molecule has 6 heteroatoms. The van der Waals surface area contributed by atoms with Crippen molar-refractivity contribution in [3.05, 3.63) is 175 Å². The summed E-state index contributed by atoms with van der Waals surface area (Å²) in [5.74, 6) is 1.93. The first kappa shape index (κ1) is 31.0. The van der Waals surface area contributed by atoms with Crippen LogP contribution in [0.5, 0.6) is 0 Å². The summed E-state index contributed by atoms with van der Waals surface area (Å²) < 4.78 is 3.46. The quantitative estimate of drug-likeness (QED) is 0.174. The van der Waals surface area contributed by atoms with Gasteiger partial charge >= 0.3 is 0 Å². The highest BCUT2D eigenvalue weighted by Crippen LogP contribution is 2.40. The van der Waals surface area contributed by atoms with Crippen LogP contribution in [0.25, 0.3) is 93.6 Å². The monoisotopic (exact) mass is 697 g/mol. The van der Waals surface area contributed by atoms with Gasteiger partial charge in [-0.25, -0.2) is 19.9 Å². The van der Waals surface area contributed by atoms with Gasteiger partial charge in [0.1, 0.15) is 5.01 Å². The zero-order valence-corrected chi connectivity index (χ0v) is 29.6. The molecule has 0 atom stereocenters. The second-order valence-corrected chi connectivity index (χ2v) is 14.2. The standard InChI is InChI=1S/C47H31N5S/c1-30-37(31-14-5-2-6-15-31)25-27-41-43(30)38-22-11-12-23-40(38)52(41)36-21-13-20-35(28-36)47-48-39-26-24-34(29-42(39)53-47)46-50-44(32-16-7-3-8-17-32)49-45(51-46)33-18-9-4-10-19-33/h2-29H,1H3. The topological polar surface area (TPSA) is 56.5 Å². The maximum absolute atomic E-state index is 5.11. The lowest BCUT2D eigenvalue weighted by molar-refractivity contribution is 1.07. The fraction of sp³-hybridized carbons (Fsp3) is 0.0213. The van der Waals surface area contributed by atoms with Crippen molar-refractivity contribution in [2.75, 3.05) is 0 Å². The molecule has 0 spiro atoms. The van der Waals surface area contributed by atoms with E-state index in [0.717, 1.165) is 43.2 Å². The van der Waals surface area contributed by atoms with Gasteiger partial charge in [-0.3, -0.25) is 0 Å². The van der Waals surface area contributed by atoms with Crippen molar-refractivity contribution in [3.8, 4) is 61.5 Å². The highest BCUT2D eigenvalue weighted by molar-refractivity contribution is 7.21. The summed E-state index contributed by atoms with van der Waals surface area (Å²) in [4.78, 5) is 19.9. The Morgan fingerprint density at radius 1 is 0.453 bits per heavy atom. The van der Waals surface area contributed by atoms with E-state index in [9.17, 15) is 0 Å². The molecule has 3 heterocycles. The van der Waals surface area contributed by atoms with Crippen molar-refractivity contribution in [1.29, 1.82) is 0 Å².